The van der Waals surface area contributed by atoms with Crippen molar-refractivity contribution in [1.29, 1.82) is 0 Å². The molecule has 1 atom stereocenters. The second-order valence-corrected chi connectivity index (χ2v) is 6.11. The molecular formula is C15H22N2O2. The predicted molar refractivity (Wildman–Crippen MR) is 74.9 cm³/mol. The molecule has 1 amide bonds. The Morgan fingerprint density at radius 2 is 2.05 bits per heavy atom. The number of benzene rings is 1. The number of carbonyl (C=O) groups excluding carboxylic acids is 1. The summed E-state index contributed by atoms with van der Waals surface area (Å²) in [7, 11) is 1.66. The number of carbonyl (C=O) groups is 1. The van der Waals surface area contributed by atoms with E-state index in [2.05, 4.69) is 26.1 Å². The van der Waals surface area contributed by atoms with E-state index in [1.165, 1.54) is 0 Å². The molecule has 1 unspecified atom stereocenters. The molecule has 1 heterocycles. The summed E-state index contributed by atoms with van der Waals surface area (Å²) in [5, 5.41) is 3.27. The van der Waals surface area contributed by atoms with Crippen molar-refractivity contribution < 1.29 is 9.53 Å². The number of hydrogen-bond acceptors (Lipinski definition) is 3. The van der Waals surface area contributed by atoms with Crippen molar-refractivity contribution in [3.63, 3.8) is 0 Å². The molecule has 0 aromatic heterocycles. The molecule has 0 aliphatic carbocycles. The Morgan fingerprint density at radius 1 is 1.37 bits per heavy atom. The molecule has 4 heteroatoms. The van der Waals surface area contributed by atoms with Gasteiger partial charge in [-0.25, -0.2) is 0 Å². The Kier molecular flexibility index (Phi) is 3.80. The van der Waals surface area contributed by atoms with Crippen LogP contribution in [0.4, 0.5) is 0 Å². The van der Waals surface area contributed by atoms with Gasteiger partial charge >= 0.3 is 0 Å². The van der Waals surface area contributed by atoms with Crippen LogP contribution in [0, 0.1) is 5.41 Å². The lowest BCUT2D eigenvalue weighted by atomic mass is 9.95. The molecule has 19 heavy (non-hydrogen) atoms. The minimum atomic E-state index is -0.0946. The van der Waals surface area contributed by atoms with E-state index in [0.29, 0.717) is 6.54 Å². The Hall–Kier alpha value is -1.55. The third-order valence-corrected chi connectivity index (χ3v) is 3.16. The monoisotopic (exact) mass is 262 g/mol. The van der Waals surface area contributed by atoms with E-state index in [0.717, 1.165) is 17.9 Å². The van der Waals surface area contributed by atoms with Gasteiger partial charge in [-0.1, -0.05) is 39.0 Å². The number of methoxy groups -OCH3 is 1. The molecule has 1 aromatic rings. The largest absolute Gasteiger partial charge is 0.496 e. The maximum Gasteiger partial charge on any atom is 0.238 e. The van der Waals surface area contributed by atoms with Gasteiger partial charge in [-0.3, -0.25) is 10.1 Å². The Balaban J connectivity index is 2.30. The highest BCUT2D eigenvalue weighted by Crippen LogP contribution is 2.32. The first-order valence-electron chi connectivity index (χ1n) is 6.58. The topological polar surface area (TPSA) is 41.6 Å². The van der Waals surface area contributed by atoms with Crippen LogP contribution in [0.1, 0.15) is 32.5 Å². The molecule has 0 spiro atoms. The summed E-state index contributed by atoms with van der Waals surface area (Å²) in [5.41, 5.74) is 1.09. The molecular weight excluding hydrogens is 240 g/mol. The van der Waals surface area contributed by atoms with Crippen LogP contribution in [-0.2, 0) is 4.79 Å². The van der Waals surface area contributed by atoms with Gasteiger partial charge in [-0.2, -0.15) is 0 Å². The van der Waals surface area contributed by atoms with E-state index < -0.39 is 0 Å². The van der Waals surface area contributed by atoms with Crippen LogP contribution in [0.15, 0.2) is 24.3 Å². The van der Waals surface area contributed by atoms with Crippen molar-refractivity contribution in [2.24, 2.45) is 5.41 Å². The van der Waals surface area contributed by atoms with Gasteiger partial charge in [0.25, 0.3) is 0 Å². The fourth-order valence-electron chi connectivity index (χ4n) is 2.40. The highest BCUT2D eigenvalue weighted by Gasteiger charge is 2.35. The maximum absolute atomic E-state index is 12.1. The average Bonchev–Trinajstić information content (AvgIpc) is 2.69. The zero-order chi connectivity index (χ0) is 14.0. The number of rotatable bonds is 3. The van der Waals surface area contributed by atoms with Gasteiger partial charge in [0.1, 0.15) is 11.9 Å². The van der Waals surface area contributed by atoms with Crippen molar-refractivity contribution in [3.8, 4) is 5.75 Å². The molecule has 1 saturated heterocycles. The summed E-state index contributed by atoms with van der Waals surface area (Å²) < 4.78 is 5.39. The molecule has 1 aromatic carbocycles. The van der Waals surface area contributed by atoms with E-state index in [-0.39, 0.29) is 17.5 Å². The highest BCUT2D eigenvalue weighted by atomic mass is 16.5. The standard InChI is InChI=1S/C15H22N2O2/c1-15(2,3)10-17-13(18)9-16-14(17)11-7-5-6-8-12(11)19-4/h5-8,14,16H,9-10H2,1-4H3. The lowest BCUT2D eigenvalue weighted by Gasteiger charge is -2.31. The lowest BCUT2D eigenvalue weighted by Crippen LogP contribution is -2.37. The first-order valence-corrected chi connectivity index (χ1v) is 6.58. The second kappa shape index (κ2) is 5.21. The van der Waals surface area contributed by atoms with Crippen molar-refractivity contribution >= 4 is 5.91 Å². The van der Waals surface area contributed by atoms with Crippen molar-refractivity contribution in [3.05, 3.63) is 29.8 Å². The number of nitrogens with one attached hydrogen (secondary N) is 1. The zero-order valence-corrected chi connectivity index (χ0v) is 12.1. The Morgan fingerprint density at radius 3 is 2.68 bits per heavy atom. The SMILES string of the molecule is COc1ccccc1C1NCC(=O)N1CC(C)(C)C. The van der Waals surface area contributed by atoms with Gasteiger partial charge in [0.05, 0.1) is 13.7 Å². The number of ether oxygens (including phenoxy) is 1. The summed E-state index contributed by atoms with van der Waals surface area (Å²) in [6, 6.07) is 7.84. The summed E-state index contributed by atoms with van der Waals surface area (Å²) >= 11 is 0. The summed E-state index contributed by atoms with van der Waals surface area (Å²) in [5.74, 6) is 0.958. The predicted octanol–water partition coefficient (Wildman–Crippen LogP) is 2.17. The molecule has 1 aliphatic heterocycles. The molecule has 104 valence electrons. The van der Waals surface area contributed by atoms with Gasteiger partial charge in [0, 0.05) is 12.1 Å². The van der Waals surface area contributed by atoms with E-state index in [9.17, 15) is 4.79 Å². The number of para-hydroxylation sites is 1. The lowest BCUT2D eigenvalue weighted by molar-refractivity contribution is -0.129. The van der Waals surface area contributed by atoms with Crippen LogP contribution in [0.25, 0.3) is 0 Å². The maximum atomic E-state index is 12.1. The van der Waals surface area contributed by atoms with Gasteiger partial charge in [0.15, 0.2) is 0 Å². The fraction of sp³-hybridized carbons (Fsp3) is 0.533. The molecule has 1 aliphatic rings. The van der Waals surface area contributed by atoms with Crippen LogP contribution in [0.5, 0.6) is 5.75 Å². The van der Waals surface area contributed by atoms with Crippen LogP contribution in [-0.4, -0.2) is 31.0 Å². The number of amides is 1. The molecule has 2 rings (SSSR count). The minimum absolute atomic E-state index is 0.0714. The van der Waals surface area contributed by atoms with Gasteiger partial charge in [-0.05, 0) is 11.5 Å². The second-order valence-electron chi connectivity index (χ2n) is 6.11. The summed E-state index contributed by atoms with van der Waals surface area (Å²) in [6.45, 7) is 7.52. The highest BCUT2D eigenvalue weighted by molar-refractivity contribution is 5.81. The van der Waals surface area contributed by atoms with Crippen molar-refractivity contribution in [1.82, 2.24) is 10.2 Å². The Bertz CT molecular complexity index is 465. The van der Waals surface area contributed by atoms with Crippen LogP contribution in [0.2, 0.25) is 0 Å². The average molecular weight is 262 g/mol. The molecule has 1 N–H and O–H groups in total. The number of nitrogens with zero attached hydrogens (tertiary/aromatic N) is 1. The van der Waals surface area contributed by atoms with E-state index in [1.54, 1.807) is 7.11 Å². The normalized spacial score (nSPS) is 19.9. The van der Waals surface area contributed by atoms with Gasteiger partial charge in [0.2, 0.25) is 5.91 Å². The zero-order valence-electron chi connectivity index (χ0n) is 12.1. The van der Waals surface area contributed by atoms with Crippen molar-refractivity contribution in [2.45, 2.75) is 26.9 Å². The van der Waals surface area contributed by atoms with E-state index >= 15 is 0 Å². The molecule has 0 radical (unpaired) electrons. The fourth-order valence-corrected chi connectivity index (χ4v) is 2.40. The number of hydrogen-bond donors (Lipinski definition) is 1. The summed E-state index contributed by atoms with van der Waals surface area (Å²) in [4.78, 5) is 14.0. The third kappa shape index (κ3) is 3.07. The van der Waals surface area contributed by atoms with Crippen LogP contribution < -0.4 is 10.1 Å². The molecule has 4 nitrogen and oxygen atoms in total. The molecule has 0 bridgehead atoms. The smallest absolute Gasteiger partial charge is 0.238 e. The van der Waals surface area contributed by atoms with Crippen LogP contribution >= 0.6 is 0 Å². The molecule has 1 fully saturated rings. The Labute approximate surface area is 114 Å². The first-order chi connectivity index (χ1) is 8.92. The van der Waals surface area contributed by atoms with Crippen molar-refractivity contribution in [2.75, 3.05) is 20.2 Å². The van der Waals surface area contributed by atoms with Gasteiger partial charge < -0.3 is 9.64 Å². The quantitative estimate of drug-likeness (QED) is 0.907. The molecule has 0 saturated carbocycles. The van der Waals surface area contributed by atoms with Crippen LogP contribution in [0.3, 0.4) is 0 Å². The van der Waals surface area contributed by atoms with E-state index in [1.807, 2.05) is 29.2 Å². The minimum Gasteiger partial charge on any atom is -0.496 e. The first kappa shape index (κ1) is 13.9. The third-order valence-electron chi connectivity index (χ3n) is 3.16. The summed E-state index contributed by atoms with van der Waals surface area (Å²) in [6.07, 6.45) is -0.0946. The van der Waals surface area contributed by atoms with Gasteiger partial charge in [-0.15, -0.1) is 0 Å². The van der Waals surface area contributed by atoms with E-state index in [4.69, 9.17) is 4.74 Å².